The molecule has 74 valence electrons. The van der Waals surface area contributed by atoms with E-state index in [4.69, 9.17) is 10.5 Å². The van der Waals surface area contributed by atoms with Crippen LogP contribution in [-0.2, 0) is 0 Å². The highest BCUT2D eigenvalue weighted by atomic mass is 32.3. The maximum absolute atomic E-state index is 13.0. The normalized spacial score (nSPS) is 16.8. The zero-order valence-electron chi connectivity index (χ0n) is 7.63. The van der Waals surface area contributed by atoms with Crippen LogP contribution < -0.4 is 0 Å². The largest absolute Gasteiger partial charge is 0.198 e. The van der Waals surface area contributed by atoms with Crippen molar-refractivity contribution in [3.05, 3.63) is 0 Å². The maximum Gasteiger partial charge on any atom is 0.0634 e. The molecule has 0 N–H and O–H groups in total. The van der Waals surface area contributed by atoms with E-state index in [2.05, 4.69) is 0 Å². The molecule has 2 atom stereocenters. The minimum absolute atomic E-state index is 0.0861. The van der Waals surface area contributed by atoms with Gasteiger partial charge in [-0.05, 0) is 5.92 Å². The van der Waals surface area contributed by atoms with E-state index in [9.17, 15) is 7.77 Å². The lowest BCUT2D eigenvalue weighted by Gasteiger charge is -2.28. The van der Waals surface area contributed by atoms with Crippen molar-refractivity contribution in [2.75, 3.05) is 6.26 Å². The molecule has 0 rings (SSSR count). The summed E-state index contributed by atoms with van der Waals surface area (Å²) in [5, 5.41) is 15.8. The van der Waals surface area contributed by atoms with Crippen LogP contribution in [0.3, 0.4) is 0 Å². The summed E-state index contributed by atoms with van der Waals surface area (Å²) in [5.41, 5.74) is 0. The molecular weight excluding hydrogens is 194 g/mol. The number of rotatable bonds is 4. The van der Waals surface area contributed by atoms with Crippen molar-refractivity contribution in [1.82, 2.24) is 0 Å². The zero-order valence-corrected chi connectivity index (χ0v) is 8.44. The number of nitriles is 2. The molecule has 0 saturated heterocycles. The second kappa shape index (κ2) is 5.04. The molecule has 0 aromatic rings. The van der Waals surface area contributed by atoms with Crippen LogP contribution in [0.4, 0.5) is 7.77 Å². The van der Waals surface area contributed by atoms with E-state index in [1.54, 1.807) is 13.0 Å². The molecule has 0 aliphatic carbocycles. The molecular formula is C8H12F2N2S. The van der Waals surface area contributed by atoms with Gasteiger partial charge in [-0.3, -0.25) is 0 Å². The third-order valence-electron chi connectivity index (χ3n) is 1.87. The first-order chi connectivity index (χ1) is 5.93. The lowest BCUT2D eigenvalue weighted by atomic mass is 10.0. The van der Waals surface area contributed by atoms with Crippen molar-refractivity contribution in [3.63, 3.8) is 0 Å². The van der Waals surface area contributed by atoms with Crippen molar-refractivity contribution in [2.24, 2.45) is 5.92 Å². The van der Waals surface area contributed by atoms with Crippen molar-refractivity contribution >= 4 is 10.8 Å². The van der Waals surface area contributed by atoms with E-state index >= 15 is 0 Å². The summed E-state index contributed by atoms with van der Waals surface area (Å²) >= 11 is 0. The van der Waals surface area contributed by atoms with E-state index in [1.165, 1.54) is 0 Å². The molecule has 0 aliphatic heterocycles. The summed E-state index contributed by atoms with van der Waals surface area (Å²) < 4.78 is 25.9. The van der Waals surface area contributed by atoms with E-state index in [1.807, 2.05) is 6.07 Å². The fourth-order valence-corrected chi connectivity index (χ4v) is 2.40. The van der Waals surface area contributed by atoms with Crippen LogP contribution in [0.15, 0.2) is 0 Å². The first kappa shape index (κ1) is 12.2. The molecule has 2 unspecified atom stereocenters. The highest BCUT2D eigenvalue weighted by Gasteiger charge is 2.33. The SMILES string of the molecule is CC(CC#N)C(CC#N)S(C)(F)F. The average molecular weight is 206 g/mol. The van der Waals surface area contributed by atoms with Crippen molar-refractivity contribution < 1.29 is 7.77 Å². The molecule has 0 fully saturated rings. The summed E-state index contributed by atoms with van der Waals surface area (Å²) in [6, 6.07) is 3.59. The summed E-state index contributed by atoms with van der Waals surface area (Å²) in [6.07, 6.45) is 0.799. The second-order valence-corrected chi connectivity index (χ2v) is 5.19. The van der Waals surface area contributed by atoms with Gasteiger partial charge in [0.2, 0.25) is 0 Å². The molecule has 0 radical (unpaired) electrons. The standard InChI is InChI=1S/C8H12F2N2S/c1-7(3-5-11)8(4-6-12)13(2,9)10/h7-8H,3-4H2,1-2H3. The molecule has 5 heteroatoms. The highest BCUT2D eigenvalue weighted by Crippen LogP contribution is 2.56. The monoisotopic (exact) mass is 206 g/mol. The summed E-state index contributed by atoms with van der Waals surface area (Å²) in [6.45, 7) is 1.59. The topological polar surface area (TPSA) is 47.6 Å². The van der Waals surface area contributed by atoms with Gasteiger partial charge < -0.3 is 0 Å². The molecule has 0 amide bonds. The molecule has 0 aromatic heterocycles. The minimum Gasteiger partial charge on any atom is -0.198 e. The van der Waals surface area contributed by atoms with Crippen LogP contribution in [0, 0.1) is 28.6 Å². The first-order valence-electron chi connectivity index (χ1n) is 3.83. The van der Waals surface area contributed by atoms with Crippen LogP contribution in [0.25, 0.3) is 0 Å². The molecule has 0 heterocycles. The Kier molecular flexibility index (Phi) is 4.72. The van der Waals surface area contributed by atoms with E-state index < -0.39 is 22.0 Å². The lowest BCUT2D eigenvalue weighted by Crippen LogP contribution is -2.19. The summed E-state index contributed by atoms with van der Waals surface area (Å²) in [4.78, 5) is 0. The first-order valence-corrected chi connectivity index (χ1v) is 5.74. The predicted octanol–water partition coefficient (Wildman–Crippen LogP) is 3.02. The van der Waals surface area contributed by atoms with Gasteiger partial charge in [-0.2, -0.15) is 18.3 Å². The number of nitrogens with zero attached hydrogens (tertiary/aromatic N) is 2. The maximum atomic E-state index is 13.0. The molecule has 13 heavy (non-hydrogen) atoms. The Balaban J connectivity index is 4.45. The third kappa shape index (κ3) is 4.10. The fourth-order valence-electron chi connectivity index (χ4n) is 1.12. The van der Waals surface area contributed by atoms with Crippen molar-refractivity contribution in [1.29, 1.82) is 10.5 Å². The predicted molar refractivity (Wildman–Crippen MR) is 49.1 cm³/mol. The molecule has 0 spiro atoms. The van der Waals surface area contributed by atoms with Gasteiger partial charge in [-0.25, -0.2) is 0 Å². The lowest BCUT2D eigenvalue weighted by molar-refractivity contribution is 0.533. The van der Waals surface area contributed by atoms with Crippen molar-refractivity contribution in [3.8, 4) is 12.1 Å². The third-order valence-corrected chi connectivity index (χ3v) is 3.57. The Labute approximate surface area is 79.1 Å². The molecule has 2 nitrogen and oxygen atoms in total. The van der Waals surface area contributed by atoms with E-state index in [0.29, 0.717) is 0 Å². The van der Waals surface area contributed by atoms with Crippen LogP contribution in [0.1, 0.15) is 19.8 Å². The summed E-state index contributed by atoms with van der Waals surface area (Å²) in [7, 11) is -3.72. The molecule has 0 bridgehead atoms. The van der Waals surface area contributed by atoms with Gasteiger partial charge in [0.25, 0.3) is 0 Å². The summed E-state index contributed by atoms with van der Waals surface area (Å²) in [5.74, 6) is -0.403. The van der Waals surface area contributed by atoms with Crippen LogP contribution in [0.2, 0.25) is 0 Å². The Hall–Kier alpha value is -0.810. The van der Waals surface area contributed by atoms with E-state index in [-0.39, 0.29) is 12.8 Å². The zero-order chi connectivity index (χ0) is 10.5. The highest BCUT2D eigenvalue weighted by molar-refractivity contribution is 8.25. The van der Waals surface area contributed by atoms with Crippen molar-refractivity contribution in [2.45, 2.75) is 25.0 Å². The molecule has 0 saturated carbocycles. The van der Waals surface area contributed by atoms with Gasteiger partial charge in [-0.15, -0.1) is 0 Å². The Bertz CT molecular complexity index is 236. The van der Waals surface area contributed by atoms with Gasteiger partial charge in [0.1, 0.15) is 0 Å². The average Bonchev–Trinajstić information content (AvgIpc) is 1.98. The molecule has 0 aromatic carbocycles. The van der Waals surface area contributed by atoms with Gasteiger partial charge >= 0.3 is 0 Å². The quantitative estimate of drug-likeness (QED) is 0.709. The number of hydrogen-bond donors (Lipinski definition) is 0. The smallest absolute Gasteiger partial charge is 0.0634 e. The minimum atomic E-state index is -3.72. The van der Waals surface area contributed by atoms with Crippen LogP contribution >= 0.6 is 10.8 Å². The van der Waals surface area contributed by atoms with Gasteiger partial charge in [0.05, 0.1) is 34.6 Å². The Morgan fingerprint density at radius 2 is 1.69 bits per heavy atom. The van der Waals surface area contributed by atoms with Gasteiger partial charge in [0.15, 0.2) is 0 Å². The molecule has 0 aliphatic rings. The second-order valence-electron chi connectivity index (χ2n) is 3.02. The van der Waals surface area contributed by atoms with Crippen LogP contribution in [-0.4, -0.2) is 11.5 Å². The fraction of sp³-hybridized carbons (Fsp3) is 0.750. The number of hydrogen-bond acceptors (Lipinski definition) is 2. The van der Waals surface area contributed by atoms with Gasteiger partial charge in [-0.1, -0.05) is 6.92 Å². The Morgan fingerprint density at radius 1 is 1.23 bits per heavy atom. The van der Waals surface area contributed by atoms with Crippen LogP contribution in [0.5, 0.6) is 0 Å². The Morgan fingerprint density at radius 3 is 2.00 bits per heavy atom. The number of halogens is 2. The van der Waals surface area contributed by atoms with E-state index in [0.717, 1.165) is 6.26 Å². The van der Waals surface area contributed by atoms with Gasteiger partial charge in [0, 0.05) is 12.7 Å².